The van der Waals surface area contributed by atoms with Gasteiger partial charge in [0.15, 0.2) is 5.13 Å². The summed E-state index contributed by atoms with van der Waals surface area (Å²) >= 11 is 1.46. The molecule has 0 saturated heterocycles. The Morgan fingerprint density at radius 1 is 1.00 bits per heavy atom. The minimum Gasteiger partial charge on any atom is -0.279 e. The molecular formula is C27H30N4O3S2. The van der Waals surface area contributed by atoms with Gasteiger partial charge in [-0.05, 0) is 73.4 Å². The third kappa shape index (κ3) is 5.64. The summed E-state index contributed by atoms with van der Waals surface area (Å²) in [5.74, 6) is -0.252. The smallest absolute Gasteiger partial charge is 0.260 e. The normalized spacial score (nSPS) is 11.8. The maximum absolute atomic E-state index is 13.7. The Hall–Kier alpha value is -3.14. The van der Waals surface area contributed by atoms with Crippen LogP contribution in [0.1, 0.15) is 48.2 Å². The molecule has 0 saturated carbocycles. The monoisotopic (exact) mass is 522 g/mol. The molecule has 0 N–H and O–H groups in total. The summed E-state index contributed by atoms with van der Waals surface area (Å²) in [6, 6.07) is 16.0. The molecule has 2 aromatic heterocycles. The molecule has 0 atom stereocenters. The molecule has 0 bridgehead atoms. The van der Waals surface area contributed by atoms with Crippen LogP contribution in [0.2, 0.25) is 0 Å². The van der Waals surface area contributed by atoms with E-state index in [4.69, 9.17) is 4.98 Å². The molecule has 4 rings (SSSR count). The molecule has 0 aliphatic carbocycles. The van der Waals surface area contributed by atoms with Gasteiger partial charge >= 0.3 is 0 Å². The molecule has 36 heavy (non-hydrogen) atoms. The zero-order chi connectivity index (χ0) is 25.7. The van der Waals surface area contributed by atoms with E-state index in [1.54, 1.807) is 29.4 Å². The van der Waals surface area contributed by atoms with Gasteiger partial charge in [0, 0.05) is 31.0 Å². The van der Waals surface area contributed by atoms with E-state index in [1.807, 2.05) is 45.0 Å². The number of rotatable bonds is 10. The molecule has 0 aliphatic heterocycles. The van der Waals surface area contributed by atoms with Gasteiger partial charge in [-0.3, -0.25) is 14.7 Å². The van der Waals surface area contributed by atoms with E-state index < -0.39 is 10.0 Å². The van der Waals surface area contributed by atoms with Gasteiger partial charge in [-0.2, -0.15) is 4.31 Å². The summed E-state index contributed by atoms with van der Waals surface area (Å²) < 4.78 is 28.8. The number of thiazole rings is 1. The lowest BCUT2D eigenvalue weighted by Crippen LogP contribution is -2.33. The van der Waals surface area contributed by atoms with Crippen LogP contribution in [-0.4, -0.2) is 41.7 Å². The van der Waals surface area contributed by atoms with Crippen molar-refractivity contribution in [1.82, 2.24) is 14.3 Å². The van der Waals surface area contributed by atoms with Gasteiger partial charge < -0.3 is 0 Å². The molecule has 0 unspecified atom stereocenters. The van der Waals surface area contributed by atoms with Crippen LogP contribution in [0.3, 0.4) is 0 Å². The molecule has 0 fully saturated rings. The van der Waals surface area contributed by atoms with Crippen molar-refractivity contribution >= 4 is 42.6 Å². The van der Waals surface area contributed by atoms with E-state index in [0.717, 1.165) is 34.2 Å². The molecule has 1 amide bonds. The zero-order valence-electron chi connectivity index (χ0n) is 20.7. The van der Waals surface area contributed by atoms with Crippen LogP contribution in [0.5, 0.6) is 0 Å². The maximum atomic E-state index is 13.7. The number of hydrogen-bond acceptors (Lipinski definition) is 6. The first kappa shape index (κ1) is 25.9. The number of pyridine rings is 1. The fourth-order valence-electron chi connectivity index (χ4n) is 3.96. The Balaban J connectivity index is 1.67. The molecule has 0 spiro atoms. The minimum atomic E-state index is -3.62. The van der Waals surface area contributed by atoms with Gasteiger partial charge in [0.05, 0.1) is 21.7 Å². The average molecular weight is 523 g/mol. The summed E-state index contributed by atoms with van der Waals surface area (Å²) in [6.45, 7) is 7.17. The summed E-state index contributed by atoms with van der Waals surface area (Å²) in [6.07, 6.45) is 4.89. The van der Waals surface area contributed by atoms with E-state index in [9.17, 15) is 13.2 Å². The Morgan fingerprint density at radius 2 is 1.72 bits per heavy atom. The quantitative estimate of drug-likeness (QED) is 0.268. The van der Waals surface area contributed by atoms with Gasteiger partial charge in [-0.25, -0.2) is 13.4 Å². The van der Waals surface area contributed by atoms with Crippen molar-refractivity contribution in [3.63, 3.8) is 0 Å². The highest BCUT2D eigenvalue weighted by Crippen LogP contribution is 2.31. The third-order valence-electron chi connectivity index (χ3n) is 5.76. The van der Waals surface area contributed by atoms with E-state index in [0.29, 0.717) is 30.3 Å². The Labute approximate surface area is 216 Å². The average Bonchev–Trinajstić information content (AvgIpc) is 3.30. The van der Waals surface area contributed by atoms with Crippen molar-refractivity contribution < 1.29 is 13.2 Å². The van der Waals surface area contributed by atoms with Crippen LogP contribution in [0.4, 0.5) is 5.13 Å². The third-order valence-corrected chi connectivity index (χ3v) is 8.71. The molecule has 0 aliphatic rings. The lowest BCUT2D eigenvalue weighted by Gasteiger charge is -2.22. The van der Waals surface area contributed by atoms with Gasteiger partial charge in [-0.1, -0.05) is 37.3 Å². The summed E-state index contributed by atoms with van der Waals surface area (Å²) in [4.78, 5) is 24.4. The van der Waals surface area contributed by atoms with Crippen molar-refractivity contribution in [2.75, 3.05) is 18.0 Å². The number of nitrogens with zero attached hydrogens (tertiary/aromatic N) is 4. The summed E-state index contributed by atoms with van der Waals surface area (Å²) in [5, 5.41) is 0.582. The van der Waals surface area contributed by atoms with Crippen LogP contribution >= 0.6 is 11.3 Å². The van der Waals surface area contributed by atoms with Crippen LogP contribution in [0, 0.1) is 6.92 Å². The highest BCUT2D eigenvalue weighted by atomic mass is 32.2. The Bertz CT molecular complexity index is 1430. The molecule has 2 heterocycles. The van der Waals surface area contributed by atoms with Gasteiger partial charge in [0.2, 0.25) is 10.0 Å². The number of benzene rings is 2. The van der Waals surface area contributed by atoms with Crippen molar-refractivity contribution in [2.45, 2.75) is 45.1 Å². The Morgan fingerprint density at radius 3 is 2.36 bits per heavy atom. The largest absolute Gasteiger partial charge is 0.279 e. The van der Waals surface area contributed by atoms with Crippen LogP contribution in [-0.2, 0) is 16.6 Å². The van der Waals surface area contributed by atoms with Gasteiger partial charge in [-0.15, -0.1) is 0 Å². The fourth-order valence-corrected chi connectivity index (χ4v) is 6.65. The second-order valence-corrected chi connectivity index (χ2v) is 11.6. The number of anilines is 1. The highest BCUT2D eigenvalue weighted by molar-refractivity contribution is 7.89. The molecule has 9 heteroatoms. The topological polar surface area (TPSA) is 83.5 Å². The van der Waals surface area contributed by atoms with Gasteiger partial charge in [0.25, 0.3) is 5.91 Å². The van der Waals surface area contributed by atoms with E-state index in [-0.39, 0.29) is 10.8 Å². The number of carbonyl (C=O) groups is 1. The fraction of sp³-hybridized carbons (Fsp3) is 0.296. The standard InChI is InChI=1S/C27H30N4O3S2/c1-4-15-30(16-5-2)36(33,34)23-11-9-22(10-12-23)26(32)31(19-21-7-6-14-28-18-21)27-29-24-13-8-20(3)17-25(24)35-27/h6-14,17-18H,4-5,15-16,19H2,1-3H3. The Kier molecular flexibility index (Phi) is 8.13. The van der Waals surface area contributed by atoms with E-state index >= 15 is 0 Å². The minimum absolute atomic E-state index is 0.190. The number of sulfonamides is 1. The molecule has 4 aromatic rings. The number of aryl methyl sites for hydroxylation is 1. The first-order valence-corrected chi connectivity index (χ1v) is 14.3. The summed E-state index contributed by atoms with van der Waals surface area (Å²) in [5.41, 5.74) is 3.22. The second-order valence-electron chi connectivity index (χ2n) is 8.65. The number of aromatic nitrogens is 2. The molecule has 7 nitrogen and oxygen atoms in total. The SMILES string of the molecule is CCCN(CCC)S(=O)(=O)c1ccc(C(=O)N(Cc2cccnc2)c2nc3ccc(C)cc3s2)cc1. The number of amides is 1. The summed E-state index contributed by atoms with van der Waals surface area (Å²) in [7, 11) is -3.62. The lowest BCUT2D eigenvalue weighted by atomic mass is 10.2. The van der Waals surface area contributed by atoms with Crippen molar-refractivity contribution in [1.29, 1.82) is 0 Å². The van der Waals surface area contributed by atoms with Crippen LogP contribution in [0.25, 0.3) is 10.2 Å². The first-order chi connectivity index (χ1) is 17.3. The first-order valence-electron chi connectivity index (χ1n) is 12.0. The van der Waals surface area contributed by atoms with Crippen LogP contribution in [0.15, 0.2) is 71.9 Å². The lowest BCUT2D eigenvalue weighted by molar-refractivity contribution is 0.0985. The van der Waals surface area contributed by atoms with Gasteiger partial charge in [0.1, 0.15) is 0 Å². The van der Waals surface area contributed by atoms with E-state index in [1.165, 1.54) is 27.8 Å². The second kappa shape index (κ2) is 11.3. The van der Waals surface area contributed by atoms with Crippen molar-refractivity contribution in [3.05, 3.63) is 83.7 Å². The predicted molar refractivity (Wildman–Crippen MR) is 145 cm³/mol. The van der Waals surface area contributed by atoms with Crippen LogP contribution < -0.4 is 4.90 Å². The molecule has 2 aromatic carbocycles. The number of carbonyl (C=O) groups excluding carboxylic acids is 1. The highest BCUT2D eigenvalue weighted by Gasteiger charge is 2.25. The molecule has 188 valence electrons. The number of hydrogen-bond donors (Lipinski definition) is 0. The maximum Gasteiger partial charge on any atom is 0.260 e. The van der Waals surface area contributed by atoms with Crippen molar-refractivity contribution in [2.24, 2.45) is 0 Å². The molecular weight excluding hydrogens is 492 g/mol. The van der Waals surface area contributed by atoms with E-state index in [2.05, 4.69) is 11.1 Å². The number of fused-ring (bicyclic) bond motifs is 1. The predicted octanol–water partition coefficient (Wildman–Crippen LogP) is 5.66. The molecule has 0 radical (unpaired) electrons. The zero-order valence-corrected chi connectivity index (χ0v) is 22.3. The van der Waals surface area contributed by atoms with Crippen molar-refractivity contribution in [3.8, 4) is 0 Å².